The second-order valence-electron chi connectivity index (χ2n) is 5.02. The predicted octanol–water partition coefficient (Wildman–Crippen LogP) is 1.37. The number of nitrogens with zero attached hydrogens (tertiary/aromatic N) is 3. The van der Waals surface area contributed by atoms with Crippen molar-refractivity contribution in [3.8, 4) is 0 Å². The summed E-state index contributed by atoms with van der Waals surface area (Å²) in [7, 11) is 0. The Labute approximate surface area is 135 Å². The van der Waals surface area contributed by atoms with Crippen LogP contribution in [-0.4, -0.2) is 32.5 Å². The molecule has 2 heterocycles. The van der Waals surface area contributed by atoms with Gasteiger partial charge in [-0.1, -0.05) is 17.3 Å². The largest absolute Gasteiger partial charge is 0.438 e. The summed E-state index contributed by atoms with van der Waals surface area (Å²) in [5.74, 6) is -0.544. The lowest BCUT2D eigenvalue weighted by molar-refractivity contribution is 0.102. The van der Waals surface area contributed by atoms with E-state index >= 15 is 0 Å². The molecule has 124 valence electrons. The van der Waals surface area contributed by atoms with Gasteiger partial charge >= 0.3 is 5.76 Å². The summed E-state index contributed by atoms with van der Waals surface area (Å²) in [6.45, 7) is -0.424. The van der Waals surface area contributed by atoms with Crippen LogP contribution in [0.3, 0.4) is 0 Å². The molecule has 0 saturated heterocycles. The Balaban J connectivity index is 1.62. The molecule has 1 aromatic carbocycles. The lowest BCUT2D eigenvalue weighted by atomic mass is 10.1. The van der Waals surface area contributed by atoms with Gasteiger partial charge in [-0.15, -0.1) is 0 Å². The number of nitrogens with one attached hydrogen (secondary N) is 2. The molecule has 0 unspecified atom stereocenters. The predicted molar refractivity (Wildman–Crippen MR) is 82.5 cm³/mol. The maximum absolute atomic E-state index is 12.2. The number of H-pyrrole nitrogens is 1. The number of amides is 1. The Morgan fingerprint density at radius 3 is 2.75 bits per heavy atom. The Morgan fingerprint density at radius 2 is 2.08 bits per heavy atom. The molecule has 0 spiro atoms. The fourth-order valence-electron chi connectivity index (χ4n) is 2.12. The van der Waals surface area contributed by atoms with E-state index in [2.05, 4.69) is 25.1 Å². The first-order valence-corrected chi connectivity index (χ1v) is 7.18. The quantitative estimate of drug-likeness (QED) is 0.709. The van der Waals surface area contributed by atoms with Crippen LogP contribution in [-0.2, 0) is 13.0 Å². The fraction of sp³-hybridized carbons (Fsp3) is 0.200. The van der Waals surface area contributed by atoms with Gasteiger partial charge in [-0.25, -0.2) is 9.18 Å². The summed E-state index contributed by atoms with van der Waals surface area (Å²) in [4.78, 5) is 25.4. The third-order valence-corrected chi connectivity index (χ3v) is 3.26. The zero-order valence-electron chi connectivity index (χ0n) is 12.5. The Hall–Kier alpha value is -3.23. The van der Waals surface area contributed by atoms with Gasteiger partial charge in [0, 0.05) is 18.3 Å². The number of benzene rings is 1. The van der Waals surface area contributed by atoms with Crippen LogP contribution in [0.15, 0.2) is 45.8 Å². The van der Waals surface area contributed by atoms with Crippen molar-refractivity contribution in [2.24, 2.45) is 0 Å². The number of carbonyl (C=O) groups is 1. The van der Waals surface area contributed by atoms with Gasteiger partial charge in [0.05, 0.1) is 6.54 Å². The van der Waals surface area contributed by atoms with Gasteiger partial charge in [0.25, 0.3) is 5.91 Å². The average molecular weight is 331 g/mol. The number of anilines is 1. The number of aromatic nitrogens is 4. The molecule has 0 aliphatic carbocycles. The fourth-order valence-corrected chi connectivity index (χ4v) is 2.12. The monoisotopic (exact) mass is 331 g/mol. The highest BCUT2D eigenvalue weighted by molar-refractivity contribution is 6.02. The number of halogens is 1. The second-order valence-corrected chi connectivity index (χ2v) is 5.02. The summed E-state index contributed by atoms with van der Waals surface area (Å²) in [6, 6.07) is 8.57. The first kappa shape index (κ1) is 15.7. The zero-order chi connectivity index (χ0) is 16.9. The number of aromatic amines is 1. The van der Waals surface area contributed by atoms with E-state index in [4.69, 9.17) is 0 Å². The second kappa shape index (κ2) is 6.90. The molecule has 8 nitrogen and oxygen atoms in total. The van der Waals surface area contributed by atoms with E-state index in [1.54, 1.807) is 30.5 Å². The molecule has 0 aliphatic heterocycles. The number of aryl methyl sites for hydroxylation is 1. The molecule has 0 radical (unpaired) electrons. The number of hydrogen-bond donors (Lipinski definition) is 2. The van der Waals surface area contributed by atoms with Gasteiger partial charge in [-0.2, -0.15) is 5.10 Å². The van der Waals surface area contributed by atoms with Crippen molar-refractivity contribution in [1.29, 1.82) is 0 Å². The highest BCUT2D eigenvalue weighted by Gasteiger charge is 2.10. The first-order valence-electron chi connectivity index (χ1n) is 7.18. The maximum Gasteiger partial charge on any atom is 0.438 e. The number of hydrogen-bond acceptors (Lipinski definition) is 5. The molecule has 3 rings (SSSR count). The van der Waals surface area contributed by atoms with Gasteiger partial charge in [0.1, 0.15) is 6.67 Å². The molecule has 0 fully saturated rings. The summed E-state index contributed by atoms with van der Waals surface area (Å²) in [5.41, 5.74) is 1.70. The number of carbonyl (C=O) groups excluding carboxylic acids is 1. The number of rotatable bonds is 6. The summed E-state index contributed by atoms with van der Waals surface area (Å²) >= 11 is 0. The topological polar surface area (TPSA) is 106 Å². The Kier molecular flexibility index (Phi) is 4.50. The zero-order valence-corrected chi connectivity index (χ0v) is 12.5. The van der Waals surface area contributed by atoms with E-state index in [9.17, 15) is 14.0 Å². The normalized spacial score (nSPS) is 10.7. The van der Waals surface area contributed by atoms with Crippen LogP contribution < -0.4 is 11.1 Å². The molecule has 2 N–H and O–H groups in total. The lowest BCUT2D eigenvalue weighted by Crippen LogP contribution is -2.13. The Bertz CT molecular complexity index is 881. The van der Waals surface area contributed by atoms with Crippen LogP contribution in [0.5, 0.6) is 0 Å². The van der Waals surface area contributed by atoms with Crippen LogP contribution in [0.25, 0.3) is 0 Å². The molecular weight excluding hydrogens is 317 g/mol. The average Bonchev–Trinajstić information content (AvgIpc) is 3.19. The van der Waals surface area contributed by atoms with Crippen molar-refractivity contribution in [2.45, 2.75) is 13.0 Å². The van der Waals surface area contributed by atoms with Crippen molar-refractivity contribution in [3.63, 3.8) is 0 Å². The lowest BCUT2D eigenvalue weighted by Gasteiger charge is -2.04. The van der Waals surface area contributed by atoms with Gasteiger partial charge in [-0.05, 0) is 23.8 Å². The Morgan fingerprint density at radius 1 is 1.29 bits per heavy atom. The number of alkyl halides is 1. The molecule has 24 heavy (non-hydrogen) atoms. The van der Waals surface area contributed by atoms with Crippen LogP contribution in [0, 0.1) is 0 Å². The standard InChI is InChI=1S/C15H14FN5O3/c16-6-8-21-7-5-12(19-21)14(22)17-11-3-1-10(2-4-11)9-13-18-15(23)24-20-13/h1-5,7H,6,8-9H2,(H,17,22)(H,18,20,23). The van der Waals surface area contributed by atoms with Gasteiger partial charge < -0.3 is 5.32 Å². The minimum atomic E-state index is -0.596. The van der Waals surface area contributed by atoms with Crippen LogP contribution in [0.2, 0.25) is 0 Å². The van der Waals surface area contributed by atoms with Gasteiger partial charge in [0.2, 0.25) is 0 Å². The molecule has 1 amide bonds. The smallest absolute Gasteiger partial charge is 0.321 e. The molecule has 3 aromatic rings. The molecule has 2 aromatic heterocycles. The van der Waals surface area contributed by atoms with Crippen molar-refractivity contribution < 1.29 is 13.7 Å². The van der Waals surface area contributed by atoms with Crippen molar-refractivity contribution in [3.05, 3.63) is 64.2 Å². The summed E-state index contributed by atoms with van der Waals surface area (Å²) < 4.78 is 18.0. The van der Waals surface area contributed by atoms with Gasteiger partial charge in [-0.3, -0.25) is 19.0 Å². The minimum absolute atomic E-state index is 0.117. The van der Waals surface area contributed by atoms with E-state index in [0.29, 0.717) is 17.9 Å². The molecule has 9 heteroatoms. The summed E-state index contributed by atoms with van der Waals surface area (Å²) in [5, 5.41) is 10.3. The van der Waals surface area contributed by atoms with E-state index in [1.807, 2.05) is 0 Å². The van der Waals surface area contributed by atoms with Crippen LogP contribution in [0.1, 0.15) is 21.9 Å². The van der Waals surface area contributed by atoms with Crippen molar-refractivity contribution in [2.75, 3.05) is 12.0 Å². The molecule has 0 bridgehead atoms. The SMILES string of the molecule is O=C(Nc1ccc(Cc2noc(=O)[nH]2)cc1)c1ccn(CCF)n1. The molecule has 0 saturated carbocycles. The van der Waals surface area contributed by atoms with Crippen molar-refractivity contribution in [1.82, 2.24) is 19.9 Å². The van der Waals surface area contributed by atoms with Crippen LogP contribution >= 0.6 is 0 Å². The molecule has 0 aliphatic rings. The highest BCUT2D eigenvalue weighted by Crippen LogP contribution is 2.12. The van der Waals surface area contributed by atoms with Crippen LogP contribution in [0.4, 0.5) is 10.1 Å². The minimum Gasteiger partial charge on any atom is -0.321 e. The first-order chi connectivity index (χ1) is 11.6. The third-order valence-electron chi connectivity index (χ3n) is 3.26. The van der Waals surface area contributed by atoms with Crippen molar-refractivity contribution >= 4 is 11.6 Å². The van der Waals surface area contributed by atoms with Gasteiger partial charge in [0.15, 0.2) is 11.5 Å². The highest BCUT2D eigenvalue weighted by atomic mass is 19.1. The summed E-state index contributed by atoms with van der Waals surface area (Å²) in [6.07, 6.45) is 1.96. The van der Waals surface area contributed by atoms with E-state index in [-0.39, 0.29) is 18.1 Å². The van der Waals surface area contributed by atoms with E-state index in [0.717, 1.165) is 5.56 Å². The van der Waals surface area contributed by atoms with E-state index in [1.165, 1.54) is 10.7 Å². The van der Waals surface area contributed by atoms with E-state index < -0.39 is 12.4 Å². The molecule has 0 atom stereocenters. The molecular formula is C15H14FN5O3. The maximum atomic E-state index is 12.2. The third kappa shape index (κ3) is 3.75.